The van der Waals surface area contributed by atoms with Crippen LogP contribution in [-0.2, 0) is 20.9 Å². The Hall–Kier alpha value is -1.61. The lowest BCUT2D eigenvalue weighted by Crippen LogP contribution is -2.29. The molecule has 0 saturated heterocycles. The third-order valence-electron chi connectivity index (χ3n) is 2.88. The lowest BCUT2D eigenvalue weighted by molar-refractivity contribution is -0.152. The normalized spacial score (nSPS) is 13.6. The first-order valence-electron chi connectivity index (χ1n) is 6.53. The summed E-state index contributed by atoms with van der Waals surface area (Å²) in [5.41, 5.74) is 1.11. The van der Waals surface area contributed by atoms with E-state index in [4.69, 9.17) is 9.47 Å². The fraction of sp³-hybridized carbons (Fsp3) is 0.438. The highest BCUT2D eigenvalue weighted by molar-refractivity contribution is 5.66. The van der Waals surface area contributed by atoms with Crippen molar-refractivity contribution < 1.29 is 14.3 Å². The van der Waals surface area contributed by atoms with Crippen molar-refractivity contribution >= 4 is 5.97 Å². The molecule has 0 radical (unpaired) electrons. The summed E-state index contributed by atoms with van der Waals surface area (Å²) in [6, 6.07) is 9.94. The van der Waals surface area contributed by atoms with Crippen molar-refractivity contribution in [3.05, 3.63) is 48.6 Å². The minimum atomic E-state index is -0.274. The van der Waals surface area contributed by atoms with Crippen LogP contribution in [0, 0.1) is 5.92 Å². The third kappa shape index (κ3) is 6.20. The lowest BCUT2D eigenvalue weighted by atomic mass is 10.0. The Morgan fingerprint density at radius 1 is 1.37 bits per heavy atom. The summed E-state index contributed by atoms with van der Waals surface area (Å²) in [6.07, 6.45) is 2.41. The van der Waals surface area contributed by atoms with Crippen molar-refractivity contribution in [2.75, 3.05) is 6.61 Å². The number of carbonyl (C=O) groups excluding carboxylic acids is 1. The SMILES string of the molecule is C=CC[C@@H](C)[C@H](COCc1ccccc1)OC(C)=O. The van der Waals surface area contributed by atoms with E-state index in [2.05, 4.69) is 6.58 Å². The van der Waals surface area contributed by atoms with Gasteiger partial charge in [-0.1, -0.05) is 43.3 Å². The summed E-state index contributed by atoms with van der Waals surface area (Å²) >= 11 is 0. The van der Waals surface area contributed by atoms with Gasteiger partial charge in [0.05, 0.1) is 13.2 Å². The average molecular weight is 262 g/mol. The zero-order chi connectivity index (χ0) is 14.1. The molecule has 0 heterocycles. The highest BCUT2D eigenvalue weighted by Crippen LogP contribution is 2.14. The van der Waals surface area contributed by atoms with E-state index in [1.54, 1.807) is 0 Å². The molecule has 19 heavy (non-hydrogen) atoms. The Kier molecular flexibility index (Phi) is 6.90. The molecule has 0 amide bonds. The van der Waals surface area contributed by atoms with Crippen molar-refractivity contribution in [3.8, 4) is 0 Å². The third-order valence-corrected chi connectivity index (χ3v) is 2.88. The van der Waals surface area contributed by atoms with Crippen LogP contribution in [0.15, 0.2) is 43.0 Å². The second-order valence-electron chi connectivity index (χ2n) is 4.65. The van der Waals surface area contributed by atoms with Gasteiger partial charge in [0, 0.05) is 6.92 Å². The minimum Gasteiger partial charge on any atom is -0.460 e. The molecular formula is C16H22O3. The predicted molar refractivity (Wildman–Crippen MR) is 75.6 cm³/mol. The first-order chi connectivity index (χ1) is 9.13. The highest BCUT2D eigenvalue weighted by atomic mass is 16.6. The van der Waals surface area contributed by atoms with Crippen LogP contribution in [0.1, 0.15) is 25.8 Å². The highest BCUT2D eigenvalue weighted by Gasteiger charge is 2.19. The fourth-order valence-corrected chi connectivity index (χ4v) is 1.81. The summed E-state index contributed by atoms with van der Waals surface area (Å²) in [6.45, 7) is 8.09. The Labute approximate surface area is 115 Å². The molecule has 0 aromatic heterocycles. The van der Waals surface area contributed by atoms with Crippen molar-refractivity contribution in [1.82, 2.24) is 0 Å². The van der Waals surface area contributed by atoms with Gasteiger partial charge in [-0.3, -0.25) is 4.79 Å². The molecule has 0 bridgehead atoms. The molecule has 3 heteroatoms. The van der Waals surface area contributed by atoms with Gasteiger partial charge in [0.15, 0.2) is 0 Å². The number of hydrogen-bond donors (Lipinski definition) is 0. The Morgan fingerprint density at radius 2 is 2.05 bits per heavy atom. The number of benzene rings is 1. The fourth-order valence-electron chi connectivity index (χ4n) is 1.81. The smallest absolute Gasteiger partial charge is 0.302 e. The lowest BCUT2D eigenvalue weighted by Gasteiger charge is -2.22. The van der Waals surface area contributed by atoms with Gasteiger partial charge in [0.25, 0.3) is 0 Å². The number of carbonyl (C=O) groups is 1. The van der Waals surface area contributed by atoms with Crippen molar-refractivity contribution in [2.45, 2.75) is 33.0 Å². The van der Waals surface area contributed by atoms with Gasteiger partial charge in [-0.25, -0.2) is 0 Å². The number of rotatable bonds is 8. The Bertz CT molecular complexity index is 386. The molecule has 0 saturated carbocycles. The monoisotopic (exact) mass is 262 g/mol. The van der Waals surface area contributed by atoms with E-state index >= 15 is 0 Å². The van der Waals surface area contributed by atoms with Crippen LogP contribution in [0.3, 0.4) is 0 Å². The summed E-state index contributed by atoms with van der Waals surface area (Å²) in [5, 5.41) is 0. The number of hydrogen-bond acceptors (Lipinski definition) is 3. The minimum absolute atomic E-state index is 0.206. The van der Waals surface area contributed by atoms with E-state index < -0.39 is 0 Å². The van der Waals surface area contributed by atoms with Crippen LogP contribution in [0.4, 0.5) is 0 Å². The molecule has 104 valence electrons. The predicted octanol–water partition coefficient (Wildman–Crippen LogP) is 3.35. The van der Waals surface area contributed by atoms with Crippen LogP contribution in [0.5, 0.6) is 0 Å². The van der Waals surface area contributed by atoms with Gasteiger partial charge in [-0.15, -0.1) is 6.58 Å². The molecule has 0 aliphatic rings. The molecule has 0 N–H and O–H groups in total. The molecular weight excluding hydrogens is 240 g/mol. The number of esters is 1. The van der Waals surface area contributed by atoms with Crippen LogP contribution in [0.2, 0.25) is 0 Å². The van der Waals surface area contributed by atoms with E-state index in [0.29, 0.717) is 13.2 Å². The van der Waals surface area contributed by atoms with Crippen LogP contribution >= 0.6 is 0 Å². The molecule has 1 aromatic rings. The molecule has 0 fully saturated rings. The first-order valence-corrected chi connectivity index (χ1v) is 6.53. The molecule has 0 spiro atoms. The second-order valence-corrected chi connectivity index (χ2v) is 4.65. The molecule has 1 aromatic carbocycles. The summed E-state index contributed by atoms with van der Waals surface area (Å²) in [7, 11) is 0. The summed E-state index contributed by atoms with van der Waals surface area (Å²) in [5.74, 6) is -0.0682. The van der Waals surface area contributed by atoms with Gasteiger partial charge in [0.2, 0.25) is 0 Å². The number of allylic oxidation sites excluding steroid dienone is 1. The topological polar surface area (TPSA) is 35.5 Å². The first kappa shape index (κ1) is 15.4. The van der Waals surface area contributed by atoms with E-state index in [-0.39, 0.29) is 18.0 Å². The Balaban J connectivity index is 2.43. The maximum Gasteiger partial charge on any atom is 0.302 e. The largest absolute Gasteiger partial charge is 0.460 e. The Morgan fingerprint density at radius 3 is 2.63 bits per heavy atom. The summed E-state index contributed by atoms with van der Waals surface area (Å²) < 4.78 is 10.9. The van der Waals surface area contributed by atoms with Gasteiger partial charge in [-0.05, 0) is 17.9 Å². The van der Waals surface area contributed by atoms with Crippen molar-refractivity contribution in [2.24, 2.45) is 5.92 Å². The quantitative estimate of drug-likeness (QED) is 0.532. The van der Waals surface area contributed by atoms with Crippen molar-refractivity contribution in [1.29, 1.82) is 0 Å². The molecule has 0 aliphatic carbocycles. The van der Waals surface area contributed by atoms with E-state index in [9.17, 15) is 4.79 Å². The van der Waals surface area contributed by atoms with E-state index in [0.717, 1.165) is 12.0 Å². The van der Waals surface area contributed by atoms with Gasteiger partial charge in [-0.2, -0.15) is 0 Å². The second kappa shape index (κ2) is 8.48. The molecule has 3 nitrogen and oxygen atoms in total. The van der Waals surface area contributed by atoms with E-state index in [1.807, 2.05) is 43.3 Å². The molecule has 0 unspecified atom stereocenters. The van der Waals surface area contributed by atoms with E-state index in [1.165, 1.54) is 6.92 Å². The van der Waals surface area contributed by atoms with Gasteiger partial charge in [0.1, 0.15) is 6.10 Å². The summed E-state index contributed by atoms with van der Waals surface area (Å²) in [4.78, 5) is 11.1. The molecule has 0 aliphatic heterocycles. The van der Waals surface area contributed by atoms with Crippen LogP contribution in [0.25, 0.3) is 0 Å². The average Bonchev–Trinajstić information content (AvgIpc) is 2.38. The number of ether oxygens (including phenoxy) is 2. The standard InChI is InChI=1S/C16H22O3/c1-4-8-13(2)16(19-14(3)17)12-18-11-15-9-6-5-7-10-15/h4-7,9-10,13,16H,1,8,11-12H2,2-3H3/t13-,16+/m1/s1. The van der Waals surface area contributed by atoms with Gasteiger partial charge >= 0.3 is 5.97 Å². The molecule has 2 atom stereocenters. The maximum absolute atomic E-state index is 11.1. The van der Waals surface area contributed by atoms with Gasteiger partial charge < -0.3 is 9.47 Å². The zero-order valence-corrected chi connectivity index (χ0v) is 11.7. The van der Waals surface area contributed by atoms with Crippen LogP contribution < -0.4 is 0 Å². The molecule has 1 rings (SSSR count). The van der Waals surface area contributed by atoms with Crippen LogP contribution in [-0.4, -0.2) is 18.7 Å². The van der Waals surface area contributed by atoms with Crippen molar-refractivity contribution in [3.63, 3.8) is 0 Å². The zero-order valence-electron chi connectivity index (χ0n) is 11.7. The maximum atomic E-state index is 11.1.